The molecule has 1 saturated carbocycles. The minimum Gasteiger partial charge on any atom is -0.385 e. The maximum Gasteiger partial charge on any atom is 0.261 e. The topological polar surface area (TPSA) is 96.8 Å². The lowest BCUT2D eigenvalue weighted by atomic mass is 10.2. The number of benzene rings is 1. The van der Waals surface area contributed by atoms with E-state index < -0.39 is 0 Å². The Morgan fingerprint density at radius 3 is 2.64 bits per heavy atom. The van der Waals surface area contributed by atoms with E-state index in [-0.39, 0.29) is 23.4 Å². The number of carbonyl (C=O) groups is 2. The van der Waals surface area contributed by atoms with E-state index in [1.807, 2.05) is 29.2 Å². The van der Waals surface area contributed by atoms with Gasteiger partial charge >= 0.3 is 0 Å². The fourth-order valence-corrected chi connectivity index (χ4v) is 4.31. The zero-order valence-corrected chi connectivity index (χ0v) is 19.3. The number of carbonyl (C=O) groups excluding carboxylic acids is 2. The lowest BCUT2D eigenvalue weighted by Crippen LogP contribution is -2.51. The third-order valence-corrected chi connectivity index (χ3v) is 6.29. The summed E-state index contributed by atoms with van der Waals surface area (Å²) in [4.78, 5) is 46.5. The fourth-order valence-electron chi connectivity index (χ4n) is 4.31. The van der Waals surface area contributed by atoms with E-state index in [1.165, 1.54) is 0 Å². The van der Waals surface area contributed by atoms with Crippen LogP contribution in [0.3, 0.4) is 0 Å². The fraction of sp³-hybridized carbons (Fsp3) is 0.583. The average molecular weight is 456 g/mol. The Labute approximate surface area is 193 Å². The number of fused-ring (bicyclic) bond motifs is 1. The Morgan fingerprint density at radius 2 is 1.91 bits per heavy atom. The molecule has 0 bridgehead atoms. The van der Waals surface area contributed by atoms with Crippen molar-refractivity contribution >= 4 is 22.7 Å². The van der Waals surface area contributed by atoms with Crippen molar-refractivity contribution in [2.75, 3.05) is 53.0 Å². The van der Waals surface area contributed by atoms with Crippen molar-refractivity contribution in [3.63, 3.8) is 0 Å². The summed E-state index contributed by atoms with van der Waals surface area (Å²) in [7, 11) is 1.65. The number of para-hydroxylation sites is 1. The molecule has 9 nitrogen and oxygen atoms in total. The van der Waals surface area contributed by atoms with Crippen molar-refractivity contribution in [3.8, 4) is 0 Å². The molecule has 1 N–H and O–H groups in total. The molecule has 1 aromatic carbocycles. The molecule has 2 aliphatic rings. The second kappa shape index (κ2) is 10.9. The first-order valence-electron chi connectivity index (χ1n) is 11.8. The van der Waals surface area contributed by atoms with Crippen molar-refractivity contribution < 1.29 is 14.3 Å². The van der Waals surface area contributed by atoms with Gasteiger partial charge in [0.05, 0.1) is 17.4 Å². The van der Waals surface area contributed by atoms with Crippen LogP contribution in [0.15, 0.2) is 29.1 Å². The molecule has 2 aromatic rings. The zero-order valence-electron chi connectivity index (χ0n) is 19.3. The van der Waals surface area contributed by atoms with Gasteiger partial charge < -0.3 is 15.0 Å². The van der Waals surface area contributed by atoms with Gasteiger partial charge in [-0.25, -0.2) is 4.98 Å². The third kappa shape index (κ3) is 5.97. The smallest absolute Gasteiger partial charge is 0.261 e. The Morgan fingerprint density at radius 1 is 1.15 bits per heavy atom. The molecular formula is C24H33N5O4. The molecule has 0 unspecified atom stereocenters. The highest BCUT2D eigenvalue weighted by Crippen LogP contribution is 2.35. The minimum absolute atomic E-state index is 0.000315. The van der Waals surface area contributed by atoms with Crippen molar-refractivity contribution in [2.24, 2.45) is 0 Å². The van der Waals surface area contributed by atoms with E-state index >= 15 is 0 Å². The van der Waals surface area contributed by atoms with Gasteiger partial charge in [0.25, 0.3) is 5.56 Å². The van der Waals surface area contributed by atoms with Crippen LogP contribution < -0.4 is 10.9 Å². The molecule has 4 rings (SSSR count). The van der Waals surface area contributed by atoms with Crippen molar-refractivity contribution in [3.05, 3.63) is 40.4 Å². The van der Waals surface area contributed by atoms with Gasteiger partial charge in [0.15, 0.2) is 0 Å². The first-order valence-corrected chi connectivity index (χ1v) is 11.8. The predicted octanol–water partition coefficient (Wildman–Crippen LogP) is 0.961. The SMILES string of the molecule is COCCCNC(=O)CN1CCN(C(=O)CCc2nc3ccccc3c(=O)n2C2CC2)CC1. The molecule has 1 aliphatic carbocycles. The highest BCUT2D eigenvalue weighted by atomic mass is 16.5. The second-order valence-electron chi connectivity index (χ2n) is 8.80. The molecule has 0 radical (unpaired) electrons. The standard InChI is InChI=1S/C24H33N5O4/c1-33-16-4-11-25-22(30)17-27-12-14-28(15-13-27)23(31)10-9-21-26-20-6-3-2-5-19(20)24(32)29(21)18-7-8-18/h2-3,5-6,18H,4,7-17H2,1H3,(H,25,30). The summed E-state index contributed by atoms with van der Waals surface area (Å²) in [5.41, 5.74) is 0.690. The number of ether oxygens (including phenoxy) is 1. The Balaban J connectivity index is 1.28. The molecule has 1 aromatic heterocycles. The Hall–Kier alpha value is -2.78. The van der Waals surface area contributed by atoms with Gasteiger partial charge in [-0.15, -0.1) is 0 Å². The Kier molecular flexibility index (Phi) is 7.72. The summed E-state index contributed by atoms with van der Waals surface area (Å²) < 4.78 is 6.79. The number of nitrogens with zero attached hydrogens (tertiary/aromatic N) is 4. The highest BCUT2D eigenvalue weighted by Gasteiger charge is 2.29. The van der Waals surface area contributed by atoms with Crippen LogP contribution in [0.5, 0.6) is 0 Å². The molecule has 33 heavy (non-hydrogen) atoms. The van der Waals surface area contributed by atoms with Crippen molar-refractivity contribution in [1.29, 1.82) is 0 Å². The van der Waals surface area contributed by atoms with Crippen molar-refractivity contribution in [2.45, 2.75) is 38.1 Å². The van der Waals surface area contributed by atoms with Crippen LogP contribution in [0.1, 0.15) is 37.5 Å². The van der Waals surface area contributed by atoms with E-state index in [9.17, 15) is 14.4 Å². The number of aryl methyl sites for hydroxylation is 1. The van der Waals surface area contributed by atoms with Gasteiger partial charge in [-0.3, -0.25) is 23.9 Å². The van der Waals surface area contributed by atoms with E-state index in [0.717, 1.165) is 19.3 Å². The van der Waals surface area contributed by atoms with Gasteiger partial charge in [0.2, 0.25) is 11.8 Å². The number of methoxy groups -OCH3 is 1. The minimum atomic E-state index is -0.000315. The van der Waals surface area contributed by atoms with Gasteiger partial charge in [-0.2, -0.15) is 0 Å². The summed E-state index contributed by atoms with van der Waals surface area (Å²) >= 11 is 0. The van der Waals surface area contributed by atoms with Crippen LogP contribution in [0.25, 0.3) is 10.9 Å². The quantitative estimate of drug-likeness (QED) is 0.536. The monoisotopic (exact) mass is 455 g/mol. The summed E-state index contributed by atoms with van der Waals surface area (Å²) in [6.07, 6.45) is 3.56. The summed E-state index contributed by atoms with van der Waals surface area (Å²) in [6.45, 7) is 4.17. The molecule has 9 heteroatoms. The lowest BCUT2D eigenvalue weighted by molar-refractivity contribution is -0.133. The van der Waals surface area contributed by atoms with Crippen LogP contribution in [-0.4, -0.2) is 84.2 Å². The second-order valence-corrected chi connectivity index (χ2v) is 8.80. The average Bonchev–Trinajstić information content (AvgIpc) is 3.66. The van der Waals surface area contributed by atoms with E-state index in [2.05, 4.69) is 10.2 Å². The van der Waals surface area contributed by atoms with Gasteiger partial charge in [-0.05, 0) is 31.4 Å². The first kappa shape index (κ1) is 23.4. The number of hydrogen-bond acceptors (Lipinski definition) is 6. The maximum absolute atomic E-state index is 13.0. The number of rotatable bonds is 10. The molecule has 2 fully saturated rings. The first-order chi connectivity index (χ1) is 16.1. The number of amides is 2. The molecule has 0 spiro atoms. The predicted molar refractivity (Wildman–Crippen MR) is 125 cm³/mol. The van der Waals surface area contributed by atoms with Crippen molar-refractivity contribution in [1.82, 2.24) is 24.7 Å². The van der Waals surface area contributed by atoms with Crippen LogP contribution in [0.2, 0.25) is 0 Å². The maximum atomic E-state index is 13.0. The molecular weight excluding hydrogens is 422 g/mol. The molecule has 2 amide bonds. The van der Waals surface area contributed by atoms with Gasteiger partial charge in [0.1, 0.15) is 5.82 Å². The third-order valence-electron chi connectivity index (χ3n) is 6.29. The molecule has 1 saturated heterocycles. The van der Waals surface area contributed by atoms with Crippen LogP contribution in [0.4, 0.5) is 0 Å². The molecule has 0 atom stereocenters. The van der Waals surface area contributed by atoms with E-state index in [1.54, 1.807) is 11.7 Å². The molecule has 1 aliphatic heterocycles. The number of nitrogens with one attached hydrogen (secondary N) is 1. The van der Waals surface area contributed by atoms with E-state index in [0.29, 0.717) is 75.4 Å². The highest BCUT2D eigenvalue weighted by molar-refractivity contribution is 5.79. The molecule has 178 valence electrons. The summed E-state index contributed by atoms with van der Waals surface area (Å²) in [5, 5.41) is 3.54. The van der Waals surface area contributed by atoms with Crippen LogP contribution >= 0.6 is 0 Å². The largest absolute Gasteiger partial charge is 0.385 e. The normalized spacial score (nSPS) is 16.8. The lowest BCUT2D eigenvalue weighted by Gasteiger charge is -2.34. The number of aromatic nitrogens is 2. The molecule has 2 heterocycles. The van der Waals surface area contributed by atoms with E-state index in [4.69, 9.17) is 9.72 Å². The van der Waals surface area contributed by atoms with Crippen LogP contribution in [-0.2, 0) is 20.7 Å². The number of hydrogen-bond donors (Lipinski definition) is 1. The summed E-state index contributed by atoms with van der Waals surface area (Å²) in [6, 6.07) is 7.62. The zero-order chi connectivity index (χ0) is 23.2. The van der Waals surface area contributed by atoms with Gasteiger partial charge in [-0.1, -0.05) is 12.1 Å². The van der Waals surface area contributed by atoms with Gasteiger partial charge in [0, 0.05) is 65.3 Å². The summed E-state index contributed by atoms with van der Waals surface area (Å²) in [5.74, 6) is 0.785. The number of piperazine rings is 1. The Bertz CT molecular complexity index is 1040. The van der Waals surface area contributed by atoms with Crippen LogP contribution in [0, 0.1) is 0 Å².